The first kappa shape index (κ1) is 26.7. The van der Waals surface area contributed by atoms with Crippen LogP contribution in [0.3, 0.4) is 0 Å². The van der Waals surface area contributed by atoms with Crippen LogP contribution in [0.15, 0.2) is 60.8 Å². The van der Waals surface area contributed by atoms with E-state index in [2.05, 4.69) is 33.1 Å². The molecule has 1 saturated heterocycles. The van der Waals surface area contributed by atoms with Crippen molar-refractivity contribution in [2.75, 3.05) is 25.0 Å². The van der Waals surface area contributed by atoms with Gasteiger partial charge >= 0.3 is 24.0 Å². The second-order valence-electron chi connectivity index (χ2n) is 8.32. The molecule has 36 heavy (non-hydrogen) atoms. The number of carboxylic acids is 1. The Hall–Kier alpha value is -3.86. The number of benzene rings is 2. The highest BCUT2D eigenvalue weighted by Crippen LogP contribution is 2.30. The molecule has 1 unspecified atom stereocenters. The molecule has 3 aromatic rings. The molecule has 0 bridgehead atoms. The number of aromatic nitrogens is 1. The van der Waals surface area contributed by atoms with Gasteiger partial charge in [-0.2, -0.15) is 13.2 Å². The Bertz CT molecular complexity index is 1170. The highest BCUT2D eigenvalue weighted by molar-refractivity contribution is 6.40. The Balaban J connectivity index is 0.000000454. The summed E-state index contributed by atoms with van der Waals surface area (Å²) in [5.41, 5.74) is 2.75. The monoisotopic (exact) mass is 504 g/mol. The molecule has 11 heteroatoms. The first-order valence-corrected chi connectivity index (χ1v) is 11.4. The average molecular weight is 505 g/mol. The number of anilines is 1. The van der Waals surface area contributed by atoms with Crippen molar-refractivity contribution >= 4 is 34.4 Å². The molecule has 4 rings (SSSR count). The summed E-state index contributed by atoms with van der Waals surface area (Å²) < 4.78 is 31.7. The summed E-state index contributed by atoms with van der Waals surface area (Å²) in [6.45, 7) is 2.43. The number of aliphatic carboxylic acids is 1. The van der Waals surface area contributed by atoms with E-state index in [-0.39, 0.29) is 5.92 Å². The van der Waals surface area contributed by atoms with Gasteiger partial charge in [-0.25, -0.2) is 4.79 Å². The highest BCUT2D eigenvalue weighted by Gasteiger charge is 2.38. The minimum Gasteiger partial charge on any atom is -0.475 e. The van der Waals surface area contributed by atoms with Crippen molar-refractivity contribution in [1.29, 1.82) is 0 Å². The fourth-order valence-corrected chi connectivity index (χ4v) is 4.16. The van der Waals surface area contributed by atoms with Crippen molar-refractivity contribution in [3.8, 4) is 0 Å². The number of hydrogen-bond acceptors (Lipinski definition) is 4. The van der Waals surface area contributed by atoms with Gasteiger partial charge in [-0.1, -0.05) is 36.4 Å². The number of fused-ring (bicyclic) bond motifs is 1. The normalized spacial score (nSPS) is 14.9. The number of piperidine rings is 1. The molecule has 1 aliphatic rings. The van der Waals surface area contributed by atoms with Gasteiger partial charge in [-0.15, -0.1) is 0 Å². The molecular formula is C25H27F3N4O4. The van der Waals surface area contributed by atoms with Crippen molar-refractivity contribution in [2.24, 2.45) is 5.92 Å². The molecule has 0 saturated carbocycles. The molecule has 5 N–H and O–H groups in total. The van der Waals surface area contributed by atoms with Crippen molar-refractivity contribution in [3.05, 3.63) is 66.4 Å². The third-order valence-electron chi connectivity index (χ3n) is 5.95. The zero-order valence-corrected chi connectivity index (χ0v) is 19.3. The molecule has 2 amide bonds. The number of carbonyl (C=O) groups excluding carboxylic acids is 2. The summed E-state index contributed by atoms with van der Waals surface area (Å²) in [5, 5.41) is 17.0. The van der Waals surface area contributed by atoms with Crippen LogP contribution in [0.2, 0.25) is 0 Å². The van der Waals surface area contributed by atoms with Gasteiger partial charge in [0.2, 0.25) is 0 Å². The lowest BCUT2D eigenvalue weighted by molar-refractivity contribution is -0.192. The van der Waals surface area contributed by atoms with E-state index in [1.807, 2.05) is 42.6 Å². The fraction of sp³-hybridized carbons (Fsp3) is 0.320. The quantitative estimate of drug-likeness (QED) is 0.340. The summed E-state index contributed by atoms with van der Waals surface area (Å²) in [6, 6.07) is 17.7. The zero-order chi connectivity index (χ0) is 26.1. The first-order valence-electron chi connectivity index (χ1n) is 11.4. The van der Waals surface area contributed by atoms with Crippen molar-refractivity contribution < 1.29 is 32.7 Å². The fourth-order valence-electron chi connectivity index (χ4n) is 4.16. The Morgan fingerprint density at radius 3 is 2.28 bits per heavy atom. The van der Waals surface area contributed by atoms with Gasteiger partial charge in [0.1, 0.15) is 0 Å². The lowest BCUT2D eigenvalue weighted by atomic mass is 9.80. The number of nitrogens with one attached hydrogen (secondary N) is 4. The van der Waals surface area contributed by atoms with Gasteiger partial charge < -0.3 is 26.0 Å². The maximum atomic E-state index is 12.5. The van der Waals surface area contributed by atoms with Crippen LogP contribution in [0.25, 0.3) is 10.9 Å². The number of halogens is 3. The number of hydrogen-bond donors (Lipinski definition) is 5. The molecule has 1 fully saturated rings. The predicted molar refractivity (Wildman–Crippen MR) is 128 cm³/mol. The molecular weight excluding hydrogens is 477 g/mol. The molecule has 1 atom stereocenters. The second kappa shape index (κ2) is 12.2. The van der Waals surface area contributed by atoms with Crippen LogP contribution >= 0.6 is 0 Å². The summed E-state index contributed by atoms with van der Waals surface area (Å²) in [6.07, 6.45) is -1.14. The van der Waals surface area contributed by atoms with E-state index >= 15 is 0 Å². The number of rotatable bonds is 5. The number of amides is 2. The molecule has 1 aromatic heterocycles. The minimum atomic E-state index is -5.08. The van der Waals surface area contributed by atoms with Crippen LogP contribution < -0.4 is 16.0 Å². The van der Waals surface area contributed by atoms with E-state index in [4.69, 9.17) is 9.90 Å². The number of H-pyrrole nitrogens is 1. The van der Waals surface area contributed by atoms with E-state index in [1.54, 1.807) is 6.07 Å². The van der Waals surface area contributed by atoms with E-state index in [9.17, 15) is 22.8 Å². The maximum Gasteiger partial charge on any atom is 0.490 e. The molecule has 2 heterocycles. The van der Waals surface area contributed by atoms with E-state index in [1.165, 1.54) is 5.56 Å². The predicted octanol–water partition coefficient (Wildman–Crippen LogP) is 3.64. The Kier molecular flexibility index (Phi) is 9.07. The topological polar surface area (TPSA) is 123 Å². The zero-order valence-electron chi connectivity index (χ0n) is 19.3. The molecule has 1 aliphatic heterocycles. The lowest BCUT2D eigenvalue weighted by Crippen LogP contribution is -2.40. The molecule has 192 valence electrons. The SMILES string of the molecule is O=C(NCC(c1ccccc1)C1CCNCC1)C(=O)Nc1cccc2[nH]ccc12.O=C(O)C(F)(F)F. The summed E-state index contributed by atoms with van der Waals surface area (Å²) >= 11 is 0. The van der Waals surface area contributed by atoms with Crippen molar-refractivity contribution in [3.63, 3.8) is 0 Å². The first-order chi connectivity index (χ1) is 17.2. The number of alkyl halides is 3. The van der Waals surface area contributed by atoms with Gasteiger partial charge in [0, 0.05) is 29.6 Å². The molecule has 8 nitrogen and oxygen atoms in total. The van der Waals surface area contributed by atoms with Crippen LogP contribution in [0.1, 0.15) is 24.3 Å². The molecule has 0 radical (unpaired) electrons. The second-order valence-corrected chi connectivity index (χ2v) is 8.32. The van der Waals surface area contributed by atoms with Crippen LogP contribution in [0.4, 0.5) is 18.9 Å². The van der Waals surface area contributed by atoms with Crippen LogP contribution in [-0.2, 0) is 14.4 Å². The van der Waals surface area contributed by atoms with Gasteiger partial charge in [-0.3, -0.25) is 9.59 Å². The van der Waals surface area contributed by atoms with Crippen LogP contribution in [0.5, 0.6) is 0 Å². The van der Waals surface area contributed by atoms with Crippen LogP contribution in [-0.4, -0.2) is 53.7 Å². The standard InChI is InChI=1S/C23H26N4O2.C2HF3O2/c28-22(23(29)27-21-8-4-7-20-18(21)11-14-25-20)26-15-19(16-5-2-1-3-6-16)17-9-12-24-13-10-17;3-2(4,5)1(6)7/h1-8,11,14,17,19,24-25H,9-10,12-13,15H2,(H,26,28)(H,27,29);(H,6,7). The Morgan fingerprint density at radius 1 is 0.972 bits per heavy atom. The number of carboxylic acid groups (broad SMARTS) is 1. The third-order valence-corrected chi connectivity index (χ3v) is 5.95. The average Bonchev–Trinajstić information content (AvgIpc) is 3.35. The number of aromatic amines is 1. The molecule has 0 spiro atoms. The Morgan fingerprint density at radius 2 is 1.64 bits per heavy atom. The summed E-state index contributed by atoms with van der Waals surface area (Å²) in [5.74, 6) is -3.32. The van der Waals surface area contributed by atoms with Crippen molar-refractivity contribution in [2.45, 2.75) is 24.9 Å². The maximum absolute atomic E-state index is 12.5. The lowest BCUT2D eigenvalue weighted by Gasteiger charge is -2.31. The largest absolute Gasteiger partial charge is 0.490 e. The minimum absolute atomic E-state index is 0.197. The smallest absolute Gasteiger partial charge is 0.475 e. The van der Waals surface area contributed by atoms with E-state index in [0.29, 0.717) is 18.2 Å². The van der Waals surface area contributed by atoms with E-state index < -0.39 is 24.0 Å². The molecule has 0 aliphatic carbocycles. The summed E-state index contributed by atoms with van der Waals surface area (Å²) in [7, 11) is 0. The van der Waals surface area contributed by atoms with Crippen molar-refractivity contribution in [1.82, 2.24) is 15.6 Å². The van der Waals surface area contributed by atoms with Gasteiger partial charge in [0.15, 0.2) is 0 Å². The molecule has 2 aromatic carbocycles. The van der Waals surface area contributed by atoms with Gasteiger partial charge in [-0.05, 0) is 55.6 Å². The Labute approximate surface area is 205 Å². The highest BCUT2D eigenvalue weighted by atomic mass is 19.4. The number of carbonyl (C=O) groups is 3. The third kappa shape index (κ3) is 7.32. The summed E-state index contributed by atoms with van der Waals surface area (Å²) in [4.78, 5) is 37.0. The van der Waals surface area contributed by atoms with Crippen LogP contribution in [0, 0.1) is 5.92 Å². The van der Waals surface area contributed by atoms with E-state index in [0.717, 1.165) is 36.8 Å². The van der Waals surface area contributed by atoms with Gasteiger partial charge in [0.25, 0.3) is 0 Å². The van der Waals surface area contributed by atoms with Gasteiger partial charge in [0.05, 0.1) is 5.69 Å².